The molecule has 1 aromatic carbocycles. The van der Waals surface area contributed by atoms with Gasteiger partial charge in [-0.15, -0.1) is 0 Å². The third-order valence-corrected chi connectivity index (χ3v) is 5.14. The molecule has 1 aliphatic carbocycles. The summed E-state index contributed by atoms with van der Waals surface area (Å²) >= 11 is 3.59. The van der Waals surface area contributed by atoms with Crippen LogP contribution < -0.4 is 5.32 Å². The van der Waals surface area contributed by atoms with Crippen molar-refractivity contribution in [1.82, 2.24) is 5.32 Å². The van der Waals surface area contributed by atoms with Gasteiger partial charge in [0.2, 0.25) is 0 Å². The molecule has 1 saturated carbocycles. The molecule has 1 nitrogen and oxygen atoms in total. The topological polar surface area (TPSA) is 12.0 Å². The van der Waals surface area contributed by atoms with Crippen LogP contribution in [0.3, 0.4) is 0 Å². The van der Waals surface area contributed by atoms with Gasteiger partial charge in [0.05, 0.1) is 0 Å². The van der Waals surface area contributed by atoms with E-state index in [9.17, 15) is 0 Å². The van der Waals surface area contributed by atoms with Crippen molar-refractivity contribution in [2.24, 2.45) is 10.8 Å². The standard InChI is InChI=1S/C19H30BrN/c1-6-17(14-8-7-9-15(20)10-14)21-16-11-18(2,3)13-19(4,5)12-16/h7-10,16-17,21H,6,11-13H2,1-5H3. The van der Waals surface area contributed by atoms with Crippen molar-refractivity contribution < 1.29 is 0 Å². The zero-order valence-corrected chi connectivity index (χ0v) is 15.8. The molecule has 0 radical (unpaired) electrons. The van der Waals surface area contributed by atoms with Gasteiger partial charge in [-0.2, -0.15) is 0 Å². The molecule has 2 heteroatoms. The predicted molar refractivity (Wildman–Crippen MR) is 95.5 cm³/mol. The molecule has 1 fully saturated rings. The SMILES string of the molecule is CCC(NC1CC(C)(C)CC(C)(C)C1)c1cccc(Br)c1. The lowest BCUT2D eigenvalue weighted by Gasteiger charge is -2.46. The minimum absolute atomic E-state index is 0.439. The second-order valence-corrected chi connectivity index (χ2v) is 9.21. The number of nitrogens with one attached hydrogen (secondary N) is 1. The fourth-order valence-electron chi connectivity index (χ4n) is 4.42. The second kappa shape index (κ2) is 6.42. The predicted octanol–water partition coefficient (Wildman–Crippen LogP) is 6.09. The molecule has 21 heavy (non-hydrogen) atoms. The Morgan fingerprint density at radius 2 is 1.81 bits per heavy atom. The zero-order chi connectivity index (χ0) is 15.7. The van der Waals surface area contributed by atoms with Gasteiger partial charge >= 0.3 is 0 Å². The summed E-state index contributed by atoms with van der Waals surface area (Å²) in [4.78, 5) is 0. The molecule has 1 unspecified atom stereocenters. The fourth-order valence-corrected chi connectivity index (χ4v) is 4.84. The lowest BCUT2D eigenvalue weighted by molar-refractivity contribution is 0.0799. The average Bonchev–Trinajstić information content (AvgIpc) is 2.32. The van der Waals surface area contributed by atoms with Crippen LogP contribution in [0.4, 0.5) is 0 Å². The summed E-state index contributed by atoms with van der Waals surface area (Å²) < 4.78 is 1.17. The van der Waals surface area contributed by atoms with Crippen LogP contribution in [0.25, 0.3) is 0 Å². The molecule has 1 aromatic rings. The highest BCUT2D eigenvalue weighted by Gasteiger charge is 2.38. The van der Waals surface area contributed by atoms with E-state index in [4.69, 9.17) is 0 Å². The largest absolute Gasteiger partial charge is 0.307 e. The molecule has 118 valence electrons. The van der Waals surface area contributed by atoms with Gasteiger partial charge in [-0.1, -0.05) is 62.7 Å². The van der Waals surface area contributed by atoms with E-state index in [0.29, 0.717) is 22.9 Å². The van der Waals surface area contributed by atoms with Gasteiger partial charge in [0.15, 0.2) is 0 Å². The molecule has 2 rings (SSSR count). The summed E-state index contributed by atoms with van der Waals surface area (Å²) in [5.74, 6) is 0. The van der Waals surface area contributed by atoms with E-state index < -0.39 is 0 Å². The summed E-state index contributed by atoms with van der Waals surface area (Å²) in [6.45, 7) is 12.0. The Hall–Kier alpha value is -0.340. The van der Waals surface area contributed by atoms with E-state index in [0.717, 1.165) is 6.42 Å². The maximum atomic E-state index is 3.94. The number of hydrogen-bond donors (Lipinski definition) is 1. The zero-order valence-electron chi connectivity index (χ0n) is 14.2. The molecule has 1 N–H and O–H groups in total. The fraction of sp³-hybridized carbons (Fsp3) is 0.684. The average molecular weight is 352 g/mol. The molecule has 0 heterocycles. The van der Waals surface area contributed by atoms with Crippen molar-refractivity contribution in [2.75, 3.05) is 0 Å². The van der Waals surface area contributed by atoms with Crippen LogP contribution in [0.2, 0.25) is 0 Å². The maximum Gasteiger partial charge on any atom is 0.0320 e. The summed E-state index contributed by atoms with van der Waals surface area (Å²) in [5, 5.41) is 3.94. The van der Waals surface area contributed by atoms with Gasteiger partial charge in [0, 0.05) is 16.6 Å². The summed E-state index contributed by atoms with van der Waals surface area (Å²) in [5.41, 5.74) is 2.28. The van der Waals surface area contributed by atoms with Crippen LogP contribution in [0.1, 0.15) is 71.9 Å². The lowest BCUT2D eigenvalue weighted by Crippen LogP contribution is -2.45. The lowest BCUT2D eigenvalue weighted by atomic mass is 9.63. The highest BCUT2D eigenvalue weighted by molar-refractivity contribution is 9.10. The first-order valence-corrected chi connectivity index (χ1v) is 9.02. The Bertz CT molecular complexity index is 462. The third kappa shape index (κ3) is 4.82. The molecule has 1 atom stereocenters. The minimum atomic E-state index is 0.439. The van der Waals surface area contributed by atoms with E-state index in [1.807, 2.05) is 0 Å². The van der Waals surface area contributed by atoms with Crippen molar-refractivity contribution in [3.8, 4) is 0 Å². The smallest absolute Gasteiger partial charge is 0.0320 e. The molecular weight excluding hydrogens is 322 g/mol. The normalized spacial score (nSPS) is 23.0. The monoisotopic (exact) mass is 351 g/mol. The quantitative estimate of drug-likeness (QED) is 0.691. The van der Waals surface area contributed by atoms with E-state index in [2.05, 4.69) is 80.1 Å². The van der Waals surface area contributed by atoms with Gasteiger partial charge in [0.25, 0.3) is 0 Å². The Morgan fingerprint density at radius 3 is 2.33 bits per heavy atom. The first kappa shape index (κ1) is 17.0. The molecule has 1 aliphatic rings. The van der Waals surface area contributed by atoms with Crippen LogP contribution in [-0.2, 0) is 0 Å². The Labute approximate surface area is 139 Å². The summed E-state index contributed by atoms with van der Waals surface area (Å²) in [6.07, 6.45) is 5.02. The van der Waals surface area contributed by atoms with E-state index in [1.165, 1.54) is 29.3 Å². The van der Waals surface area contributed by atoms with E-state index in [-0.39, 0.29) is 0 Å². The third-order valence-electron chi connectivity index (χ3n) is 4.65. The van der Waals surface area contributed by atoms with Crippen LogP contribution in [0.15, 0.2) is 28.7 Å². The molecule has 0 aliphatic heterocycles. The molecular formula is C19H30BrN. The number of rotatable bonds is 4. The van der Waals surface area contributed by atoms with Gasteiger partial charge in [-0.3, -0.25) is 0 Å². The van der Waals surface area contributed by atoms with Crippen molar-refractivity contribution >= 4 is 15.9 Å². The van der Waals surface area contributed by atoms with Crippen molar-refractivity contribution in [1.29, 1.82) is 0 Å². The molecule has 0 spiro atoms. The molecule has 0 amide bonds. The maximum absolute atomic E-state index is 3.94. The number of hydrogen-bond acceptors (Lipinski definition) is 1. The Balaban J connectivity index is 2.11. The first-order valence-electron chi connectivity index (χ1n) is 8.22. The Morgan fingerprint density at radius 1 is 1.19 bits per heavy atom. The van der Waals surface area contributed by atoms with Crippen LogP contribution in [-0.4, -0.2) is 6.04 Å². The van der Waals surface area contributed by atoms with Crippen LogP contribution in [0.5, 0.6) is 0 Å². The van der Waals surface area contributed by atoms with E-state index >= 15 is 0 Å². The first-order chi connectivity index (χ1) is 9.71. The van der Waals surface area contributed by atoms with Gasteiger partial charge in [0.1, 0.15) is 0 Å². The van der Waals surface area contributed by atoms with Gasteiger partial charge in [-0.25, -0.2) is 0 Å². The molecule has 0 saturated heterocycles. The molecule has 0 aromatic heterocycles. The number of halogens is 1. The number of benzene rings is 1. The van der Waals surface area contributed by atoms with Crippen LogP contribution >= 0.6 is 15.9 Å². The minimum Gasteiger partial charge on any atom is -0.307 e. The highest BCUT2D eigenvalue weighted by Crippen LogP contribution is 2.46. The van der Waals surface area contributed by atoms with Gasteiger partial charge < -0.3 is 5.32 Å². The molecule has 0 bridgehead atoms. The summed E-state index contributed by atoms with van der Waals surface area (Å²) in [7, 11) is 0. The van der Waals surface area contributed by atoms with Crippen LogP contribution in [0, 0.1) is 10.8 Å². The van der Waals surface area contributed by atoms with E-state index in [1.54, 1.807) is 0 Å². The Kier molecular flexibility index (Phi) is 5.20. The summed E-state index contributed by atoms with van der Waals surface area (Å²) in [6, 6.07) is 9.80. The van der Waals surface area contributed by atoms with Crippen molar-refractivity contribution in [3.63, 3.8) is 0 Å². The van der Waals surface area contributed by atoms with Gasteiger partial charge in [-0.05, 0) is 54.2 Å². The highest BCUT2D eigenvalue weighted by atomic mass is 79.9. The van der Waals surface area contributed by atoms with Crippen molar-refractivity contribution in [3.05, 3.63) is 34.3 Å². The van der Waals surface area contributed by atoms with Crippen molar-refractivity contribution in [2.45, 2.75) is 72.4 Å². The second-order valence-electron chi connectivity index (χ2n) is 8.29.